The number of nitrogens with zero attached hydrogens (tertiary/aromatic N) is 4. The van der Waals surface area contributed by atoms with Crippen LogP contribution in [-0.2, 0) is 0 Å². The van der Waals surface area contributed by atoms with E-state index in [1.54, 1.807) is 10.8 Å². The Morgan fingerprint density at radius 3 is 2.87 bits per heavy atom. The number of aromatic nitrogens is 4. The van der Waals surface area contributed by atoms with Crippen LogP contribution in [0.3, 0.4) is 0 Å². The number of hydrogen-bond acceptors (Lipinski definition) is 7. The maximum atomic E-state index is 5.98. The fourth-order valence-corrected chi connectivity index (χ4v) is 3.29. The Hall–Kier alpha value is -2.87. The number of ether oxygens (including phenoxy) is 2. The lowest BCUT2D eigenvalue weighted by Crippen LogP contribution is -2.23. The van der Waals surface area contributed by atoms with Crippen LogP contribution in [0, 0.1) is 0 Å². The fourth-order valence-electron chi connectivity index (χ4n) is 2.48. The third kappa shape index (κ3) is 1.99. The van der Waals surface area contributed by atoms with Crippen LogP contribution >= 0.6 is 11.3 Å². The van der Waals surface area contributed by atoms with Crippen LogP contribution in [-0.4, -0.2) is 26.4 Å². The molecule has 1 aromatic carbocycles. The van der Waals surface area contributed by atoms with Crippen LogP contribution in [0.2, 0.25) is 0 Å². The number of hydrogen-bond donors (Lipinski definition) is 0. The molecule has 8 heteroatoms. The Kier molecular flexibility index (Phi) is 2.65. The minimum atomic E-state index is -0.355. The van der Waals surface area contributed by atoms with Crippen molar-refractivity contribution in [1.29, 1.82) is 0 Å². The van der Waals surface area contributed by atoms with Crippen molar-refractivity contribution in [2.75, 3.05) is 6.61 Å². The van der Waals surface area contributed by atoms with Gasteiger partial charge in [0.05, 0.1) is 6.26 Å². The second-order valence-electron chi connectivity index (χ2n) is 5.00. The average molecular weight is 326 g/mol. The number of benzene rings is 1. The van der Waals surface area contributed by atoms with Gasteiger partial charge in [0, 0.05) is 0 Å². The molecule has 5 rings (SSSR count). The third-order valence-corrected chi connectivity index (χ3v) is 4.46. The molecule has 0 saturated heterocycles. The van der Waals surface area contributed by atoms with E-state index in [2.05, 4.69) is 15.3 Å². The van der Waals surface area contributed by atoms with Crippen LogP contribution in [0.1, 0.15) is 11.9 Å². The highest BCUT2D eigenvalue weighted by Gasteiger charge is 2.28. The lowest BCUT2D eigenvalue weighted by molar-refractivity contribution is 0.0836. The minimum absolute atomic E-state index is 0.355. The lowest BCUT2D eigenvalue weighted by atomic mass is 10.2. The molecular weight excluding hydrogens is 316 g/mol. The molecule has 3 aromatic heterocycles. The van der Waals surface area contributed by atoms with E-state index in [9.17, 15) is 0 Å². The summed E-state index contributed by atoms with van der Waals surface area (Å²) in [5.41, 5.74) is 0. The molecule has 7 nitrogen and oxygen atoms in total. The second-order valence-corrected chi connectivity index (χ2v) is 5.96. The first-order chi connectivity index (χ1) is 11.4. The van der Waals surface area contributed by atoms with Crippen molar-refractivity contribution in [3.63, 3.8) is 0 Å². The quantitative estimate of drug-likeness (QED) is 0.564. The predicted molar refractivity (Wildman–Crippen MR) is 81.7 cm³/mol. The van der Waals surface area contributed by atoms with Crippen molar-refractivity contribution in [1.82, 2.24) is 19.8 Å². The van der Waals surface area contributed by atoms with Gasteiger partial charge in [0.1, 0.15) is 6.61 Å². The van der Waals surface area contributed by atoms with E-state index in [-0.39, 0.29) is 6.10 Å². The molecule has 23 heavy (non-hydrogen) atoms. The molecule has 0 saturated carbocycles. The van der Waals surface area contributed by atoms with E-state index in [1.165, 1.54) is 11.3 Å². The molecule has 1 aliphatic heterocycles. The topological polar surface area (TPSA) is 74.7 Å². The molecule has 4 aromatic rings. The normalized spacial score (nSPS) is 16.8. The largest absolute Gasteiger partial charge is 0.485 e. The van der Waals surface area contributed by atoms with Gasteiger partial charge in [0.15, 0.2) is 34.2 Å². The summed E-state index contributed by atoms with van der Waals surface area (Å²) in [6.45, 7) is 0.366. The van der Waals surface area contributed by atoms with Crippen LogP contribution < -0.4 is 9.47 Å². The zero-order valence-corrected chi connectivity index (χ0v) is 12.6. The third-order valence-electron chi connectivity index (χ3n) is 3.54. The van der Waals surface area contributed by atoms with Crippen molar-refractivity contribution in [2.45, 2.75) is 6.10 Å². The molecule has 4 heterocycles. The molecule has 1 aliphatic rings. The molecule has 0 spiro atoms. The molecule has 0 fully saturated rings. The zero-order chi connectivity index (χ0) is 15.2. The van der Waals surface area contributed by atoms with Gasteiger partial charge in [-0.1, -0.05) is 23.5 Å². The van der Waals surface area contributed by atoms with Crippen molar-refractivity contribution in [3.05, 3.63) is 48.5 Å². The van der Waals surface area contributed by atoms with Gasteiger partial charge in [0.2, 0.25) is 4.96 Å². The number of fused-ring (bicyclic) bond motifs is 2. The SMILES string of the molecule is c1coc(-c2nn3c(C4COc5ccccc5O4)nnc3s2)c1. The summed E-state index contributed by atoms with van der Waals surface area (Å²) in [4.78, 5) is 0.689. The van der Waals surface area contributed by atoms with Gasteiger partial charge >= 0.3 is 0 Å². The average Bonchev–Trinajstić information content (AvgIpc) is 3.30. The van der Waals surface area contributed by atoms with Crippen molar-refractivity contribution in [2.24, 2.45) is 0 Å². The number of furan rings is 1. The molecule has 1 unspecified atom stereocenters. The standard InChI is InChI=1S/C15H10N4O3S/c1-2-5-10-9(4-1)21-8-12(22-10)13-16-17-15-19(13)18-14(23-15)11-6-3-7-20-11/h1-7,12H,8H2. The van der Waals surface area contributed by atoms with E-state index in [0.29, 0.717) is 28.9 Å². The second kappa shape index (κ2) is 4.82. The fraction of sp³-hybridized carbons (Fsp3) is 0.133. The number of para-hydroxylation sites is 2. The molecule has 0 radical (unpaired) electrons. The monoisotopic (exact) mass is 326 g/mol. The first-order valence-electron chi connectivity index (χ1n) is 7.03. The summed E-state index contributed by atoms with van der Waals surface area (Å²) in [6, 6.07) is 11.3. The molecule has 0 amide bonds. The lowest BCUT2D eigenvalue weighted by Gasteiger charge is -2.24. The van der Waals surface area contributed by atoms with Gasteiger partial charge < -0.3 is 13.9 Å². The highest BCUT2D eigenvalue weighted by Crippen LogP contribution is 2.36. The van der Waals surface area contributed by atoms with Gasteiger partial charge in [-0.3, -0.25) is 0 Å². The van der Waals surface area contributed by atoms with E-state index < -0.39 is 0 Å². The van der Waals surface area contributed by atoms with E-state index in [4.69, 9.17) is 13.9 Å². The molecular formula is C15H10N4O3S. The molecule has 114 valence electrons. The van der Waals surface area contributed by atoms with E-state index in [0.717, 1.165) is 10.8 Å². The summed E-state index contributed by atoms with van der Waals surface area (Å²) in [5.74, 6) is 2.75. The Balaban J connectivity index is 1.54. The van der Waals surface area contributed by atoms with Crippen LogP contribution in [0.25, 0.3) is 15.7 Å². The summed E-state index contributed by atoms with van der Waals surface area (Å²) in [7, 11) is 0. The highest BCUT2D eigenvalue weighted by molar-refractivity contribution is 7.19. The van der Waals surface area contributed by atoms with Crippen molar-refractivity contribution in [3.8, 4) is 22.3 Å². The molecule has 0 bridgehead atoms. The number of rotatable bonds is 2. The van der Waals surface area contributed by atoms with Gasteiger partial charge in [-0.2, -0.15) is 4.52 Å². The highest BCUT2D eigenvalue weighted by atomic mass is 32.1. The molecule has 0 aliphatic carbocycles. The van der Waals surface area contributed by atoms with Crippen LogP contribution in [0.5, 0.6) is 11.5 Å². The first kappa shape index (κ1) is 12.7. The summed E-state index contributed by atoms with van der Waals surface area (Å²) in [5, 5.41) is 13.6. The van der Waals surface area contributed by atoms with Gasteiger partial charge in [-0.05, 0) is 24.3 Å². The van der Waals surface area contributed by atoms with Crippen LogP contribution in [0.4, 0.5) is 0 Å². The smallest absolute Gasteiger partial charge is 0.235 e. The Morgan fingerprint density at radius 2 is 2.00 bits per heavy atom. The van der Waals surface area contributed by atoms with Gasteiger partial charge in [-0.25, -0.2) is 0 Å². The van der Waals surface area contributed by atoms with Gasteiger partial charge in [0.25, 0.3) is 0 Å². The minimum Gasteiger partial charge on any atom is -0.485 e. The van der Waals surface area contributed by atoms with E-state index >= 15 is 0 Å². The Morgan fingerprint density at radius 1 is 1.09 bits per heavy atom. The van der Waals surface area contributed by atoms with Crippen molar-refractivity contribution >= 4 is 16.3 Å². The maximum absolute atomic E-state index is 5.98. The summed E-state index contributed by atoms with van der Waals surface area (Å²) >= 11 is 1.41. The predicted octanol–water partition coefficient (Wildman–Crippen LogP) is 2.96. The maximum Gasteiger partial charge on any atom is 0.235 e. The van der Waals surface area contributed by atoms with E-state index in [1.807, 2.05) is 36.4 Å². The Labute approximate surface area is 134 Å². The summed E-state index contributed by atoms with van der Waals surface area (Å²) < 4.78 is 18.8. The molecule has 0 N–H and O–H groups in total. The summed E-state index contributed by atoms with van der Waals surface area (Å²) in [6.07, 6.45) is 1.26. The molecule has 1 atom stereocenters. The zero-order valence-electron chi connectivity index (χ0n) is 11.7. The van der Waals surface area contributed by atoms with Gasteiger partial charge in [-0.15, -0.1) is 15.3 Å². The van der Waals surface area contributed by atoms with Crippen LogP contribution in [0.15, 0.2) is 47.1 Å². The first-order valence-corrected chi connectivity index (χ1v) is 7.84. The van der Waals surface area contributed by atoms with Crippen molar-refractivity contribution < 1.29 is 13.9 Å². The Bertz CT molecular complexity index is 976.